The van der Waals surface area contributed by atoms with E-state index in [0.29, 0.717) is 10.7 Å². The number of nitrogens with zero attached hydrogens (tertiary/aromatic N) is 3. The quantitative estimate of drug-likeness (QED) is 0.408. The van der Waals surface area contributed by atoms with E-state index >= 15 is 0 Å². The standard InChI is InChI=1S/C18H15F3N4OS/c1-25-15-5-3-2-4-14(15)23-17(25)27-11-16(26)24-22-10-12-6-8-13(9-7-12)18(19,20)21/h2-10H,11H2,1H3,(H,24,26). The van der Waals surface area contributed by atoms with Crippen LogP contribution in [0.2, 0.25) is 0 Å². The minimum atomic E-state index is -4.38. The Morgan fingerprint density at radius 2 is 1.93 bits per heavy atom. The molecule has 27 heavy (non-hydrogen) atoms. The summed E-state index contributed by atoms with van der Waals surface area (Å²) in [6.07, 6.45) is -3.09. The Morgan fingerprint density at radius 1 is 1.22 bits per heavy atom. The van der Waals surface area contributed by atoms with Crippen molar-refractivity contribution in [1.29, 1.82) is 0 Å². The molecule has 0 saturated heterocycles. The minimum Gasteiger partial charge on any atom is -0.322 e. The van der Waals surface area contributed by atoms with Gasteiger partial charge in [0.1, 0.15) is 0 Å². The molecule has 0 fully saturated rings. The highest BCUT2D eigenvalue weighted by Crippen LogP contribution is 2.28. The number of nitrogens with one attached hydrogen (secondary N) is 1. The van der Waals surface area contributed by atoms with E-state index in [1.807, 2.05) is 35.9 Å². The molecule has 0 spiro atoms. The summed E-state index contributed by atoms with van der Waals surface area (Å²) in [6, 6.07) is 12.1. The van der Waals surface area contributed by atoms with Gasteiger partial charge < -0.3 is 4.57 Å². The molecule has 0 aliphatic carbocycles. The highest BCUT2D eigenvalue weighted by Gasteiger charge is 2.29. The molecule has 3 rings (SSSR count). The molecule has 0 unspecified atom stereocenters. The highest BCUT2D eigenvalue weighted by molar-refractivity contribution is 7.99. The lowest BCUT2D eigenvalue weighted by molar-refractivity contribution is -0.137. The molecule has 0 bridgehead atoms. The molecule has 5 nitrogen and oxygen atoms in total. The lowest BCUT2D eigenvalue weighted by atomic mass is 10.1. The van der Waals surface area contributed by atoms with Crippen LogP contribution in [0.15, 0.2) is 58.8 Å². The molecule has 1 N–H and O–H groups in total. The number of carbonyl (C=O) groups excluding carboxylic acids is 1. The van der Waals surface area contributed by atoms with Gasteiger partial charge in [0.15, 0.2) is 5.16 Å². The third-order valence-electron chi connectivity index (χ3n) is 3.72. The van der Waals surface area contributed by atoms with Crippen molar-refractivity contribution in [2.75, 3.05) is 5.75 Å². The summed E-state index contributed by atoms with van der Waals surface area (Å²) in [5.74, 6) is -0.225. The number of hydrazone groups is 1. The maximum absolute atomic E-state index is 12.5. The lowest BCUT2D eigenvalue weighted by Gasteiger charge is -2.05. The number of alkyl halides is 3. The van der Waals surface area contributed by atoms with Crippen molar-refractivity contribution in [3.05, 3.63) is 59.7 Å². The molecule has 1 amide bonds. The van der Waals surface area contributed by atoms with Crippen LogP contribution < -0.4 is 5.43 Å². The van der Waals surface area contributed by atoms with Crippen LogP contribution in [0.25, 0.3) is 11.0 Å². The number of para-hydroxylation sites is 2. The molecular weight excluding hydrogens is 377 g/mol. The van der Waals surface area contributed by atoms with Gasteiger partial charge >= 0.3 is 6.18 Å². The van der Waals surface area contributed by atoms with E-state index in [1.54, 1.807) is 0 Å². The van der Waals surface area contributed by atoms with Crippen molar-refractivity contribution in [3.63, 3.8) is 0 Å². The molecule has 140 valence electrons. The Balaban J connectivity index is 1.53. The van der Waals surface area contributed by atoms with Crippen molar-refractivity contribution >= 4 is 34.9 Å². The van der Waals surface area contributed by atoms with Crippen LogP contribution in [-0.2, 0) is 18.0 Å². The van der Waals surface area contributed by atoms with Gasteiger partial charge in [-0.25, -0.2) is 10.4 Å². The number of thioether (sulfide) groups is 1. The molecule has 0 saturated carbocycles. The van der Waals surface area contributed by atoms with E-state index in [-0.39, 0.29) is 11.7 Å². The Bertz CT molecular complexity index is 980. The number of imidazole rings is 1. The summed E-state index contributed by atoms with van der Waals surface area (Å²) < 4.78 is 39.4. The number of amides is 1. The number of aryl methyl sites for hydroxylation is 1. The van der Waals surface area contributed by atoms with Crippen LogP contribution >= 0.6 is 11.8 Å². The van der Waals surface area contributed by atoms with Gasteiger partial charge in [-0.15, -0.1) is 0 Å². The smallest absolute Gasteiger partial charge is 0.322 e. The zero-order valence-corrected chi connectivity index (χ0v) is 15.0. The van der Waals surface area contributed by atoms with Crippen molar-refractivity contribution < 1.29 is 18.0 Å². The van der Waals surface area contributed by atoms with Crippen LogP contribution in [0.4, 0.5) is 13.2 Å². The van der Waals surface area contributed by atoms with Gasteiger partial charge in [-0.2, -0.15) is 18.3 Å². The fourth-order valence-electron chi connectivity index (χ4n) is 2.35. The average Bonchev–Trinajstić information content (AvgIpc) is 2.96. The van der Waals surface area contributed by atoms with Crippen LogP contribution in [0.5, 0.6) is 0 Å². The molecule has 0 aliphatic heterocycles. The molecule has 9 heteroatoms. The van der Waals surface area contributed by atoms with Crippen LogP contribution in [0, 0.1) is 0 Å². The number of benzene rings is 2. The molecule has 3 aromatic rings. The van der Waals surface area contributed by atoms with E-state index < -0.39 is 11.7 Å². The first-order valence-corrected chi connectivity index (χ1v) is 8.86. The van der Waals surface area contributed by atoms with Gasteiger partial charge in [0.2, 0.25) is 0 Å². The van der Waals surface area contributed by atoms with Crippen LogP contribution in [-0.4, -0.2) is 27.4 Å². The first-order valence-electron chi connectivity index (χ1n) is 7.88. The fourth-order valence-corrected chi connectivity index (χ4v) is 3.13. The normalized spacial score (nSPS) is 12.0. The van der Waals surface area contributed by atoms with E-state index in [0.717, 1.165) is 23.2 Å². The molecule has 1 aromatic heterocycles. The summed E-state index contributed by atoms with van der Waals surface area (Å²) in [5, 5.41) is 4.47. The van der Waals surface area contributed by atoms with E-state index in [1.165, 1.54) is 30.1 Å². The van der Waals surface area contributed by atoms with Crippen molar-refractivity contribution in [3.8, 4) is 0 Å². The number of halogens is 3. The van der Waals surface area contributed by atoms with Gasteiger partial charge in [-0.05, 0) is 29.8 Å². The molecule has 0 radical (unpaired) electrons. The molecule has 0 aliphatic rings. The third kappa shape index (κ3) is 4.68. The number of fused-ring (bicyclic) bond motifs is 1. The Morgan fingerprint density at radius 3 is 2.59 bits per heavy atom. The molecule has 1 heterocycles. The Kier molecular flexibility index (Phi) is 5.50. The summed E-state index contributed by atoms with van der Waals surface area (Å²) >= 11 is 1.27. The minimum absolute atomic E-state index is 0.113. The zero-order valence-electron chi connectivity index (χ0n) is 14.2. The summed E-state index contributed by atoms with van der Waals surface area (Å²) in [7, 11) is 1.87. The molecular formula is C18H15F3N4OS. The summed E-state index contributed by atoms with van der Waals surface area (Å²) in [6.45, 7) is 0. The number of aromatic nitrogens is 2. The van der Waals surface area contributed by atoms with Gasteiger partial charge in [0.05, 0.1) is 28.6 Å². The first kappa shape index (κ1) is 19.0. The number of hydrogen-bond acceptors (Lipinski definition) is 4. The van der Waals surface area contributed by atoms with E-state index in [9.17, 15) is 18.0 Å². The van der Waals surface area contributed by atoms with Crippen molar-refractivity contribution in [2.24, 2.45) is 12.1 Å². The Labute approximate surface area is 157 Å². The largest absolute Gasteiger partial charge is 0.416 e. The predicted molar refractivity (Wildman–Crippen MR) is 98.6 cm³/mol. The number of hydrogen-bond donors (Lipinski definition) is 1. The molecule has 2 aromatic carbocycles. The van der Waals surface area contributed by atoms with E-state index in [2.05, 4.69) is 15.5 Å². The SMILES string of the molecule is Cn1c(SCC(=O)NN=Cc2ccc(C(F)(F)F)cc2)nc2ccccc21. The monoisotopic (exact) mass is 392 g/mol. The summed E-state index contributed by atoms with van der Waals surface area (Å²) in [5.41, 5.74) is 3.89. The van der Waals surface area contributed by atoms with Gasteiger partial charge in [0, 0.05) is 7.05 Å². The number of rotatable bonds is 5. The topological polar surface area (TPSA) is 59.3 Å². The average molecular weight is 392 g/mol. The highest BCUT2D eigenvalue weighted by atomic mass is 32.2. The second kappa shape index (κ2) is 7.83. The maximum Gasteiger partial charge on any atom is 0.416 e. The third-order valence-corrected chi connectivity index (χ3v) is 4.75. The number of carbonyl (C=O) groups is 1. The fraction of sp³-hybridized carbons (Fsp3) is 0.167. The second-order valence-corrected chi connectivity index (χ2v) is 6.59. The van der Waals surface area contributed by atoms with Crippen molar-refractivity contribution in [1.82, 2.24) is 15.0 Å². The van der Waals surface area contributed by atoms with Gasteiger partial charge in [-0.3, -0.25) is 4.79 Å². The van der Waals surface area contributed by atoms with Gasteiger partial charge in [-0.1, -0.05) is 36.0 Å². The first-order chi connectivity index (χ1) is 12.8. The predicted octanol–water partition coefficient (Wildman–Crippen LogP) is 3.83. The van der Waals surface area contributed by atoms with Crippen LogP contribution in [0.1, 0.15) is 11.1 Å². The second-order valence-electron chi connectivity index (χ2n) is 5.64. The zero-order chi connectivity index (χ0) is 19.4. The lowest BCUT2D eigenvalue weighted by Crippen LogP contribution is -2.19. The molecule has 0 atom stereocenters. The van der Waals surface area contributed by atoms with Gasteiger partial charge in [0.25, 0.3) is 5.91 Å². The Hall–Kier alpha value is -2.81. The van der Waals surface area contributed by atoms with Crippen molar-refractivity contribution in [2.45, 2.75) is 11.3 Å². The summed E-state index contributed by atoms with van der Waals surface area (Å²) in [4.78, 5) is 16.3. The maximum atomic E-state index is 12.5. The van der Waals surface area contributed by atoms with E-state index in [4.69, 9.17) is 0 Å². The van der Waals surface area contributed by atoms with Crippen LogP contribution in [0.3, 0.4) is 0 Å².